The van der Waals surface area contributed by atoms with Crippen molar-refractivity contribution in [3.05, 3.63) is 59.4 Å². The zero-order valence-electron chi connectivity index (χ0n) is 11.8. The Morgan fingerprint density at radius 1 is 1.15 bits per heavy atom. The van der Waals surface area contributed by atoms with E-state index in [9.17, 15) is 4.39 Å². The fourth-order valence-electron chi connectivity index (χ4n) is 1.84. The molecule has 104 valence electrons. The van der Waals surface area contributed by atoms with E-state index in [-0.39, 0.29) is 5.82 Å². The highest BCUT2D eigenvalue weighted by Crippen LogP contribution is 2.20. The predicted molar refractivity (Wildman–Crippen MR) is 80.0 cm³/mol. The van der Waals surface area contributed by atoms with Gasteiger partial charge in [0, 0.05) is 5.56 Å². The molecule has 0 bridgehead atoms. The van der Waals surface area contributed by atoms with Gasteiger partial charge in [-0.25, -0.2) is 4.39 Å². The highest BCUT2D eigenvalue weighted by Gasteiger charge is 2.06. The van der Waals surface area contributed by atoms with E-state index < -0.39 is 0 Å². The number of ether oxygens (including phenoxy) is 1. The average Bonchev–Trinajstić information content (AvgIpc) is 2.46. The van der Waals surface area contributed by atoms with E-state index in [1.54, 1.807) is 19.2 Å². The normalized spacial score (nSPS) is 11.3. The van der Waals surface area contributed by atoms with Gasteiger partial charge in [0.05, 0.1) is 18.5 Å². The smallest absolute Gasteiger partial charge is 0.127 e. The average molecular weight is 272 g/mol. The van der Waals surface area contributed by atoms with Crippen molar-refractivity contribution in [2.45, 2.75) is 13.8 Å². The van der Waals surface area contributed by atoms with E-state index in [1.807, 2.05) is 32.0 Å². The lowest BCUT2D eigenvalue weighted by Gasteiger charge is -2.09. The van der Waals surface area contributed by atoms with Crippen LogP contribution in [0.25, 0.3) is 0 Å². The number of nitrogens with zero attached hydrogens (tertiary/aromatic N) is 1. The van der Waals surface area contributed by atoms with E-state index in [4.69, 9.17) is 4.74 Å². The Morgan fingerprint density at radius 2 is 1.85 bits per heavy atom. The SMILES string of the molecule is COc1ccc(C)cc1/C(C)=N\Nc1ccc(F)cc1. The number of halogens is 1. The van der Waals surface area contributed by atoms with Gasteiger partial charge >= 0.3 is 0 Å². The minimum atomic E-state index is -0.267. The Hall–Kier alpha value is -2.36. The van der Waals surface area contributed by atoms with Crippen molar-refractivity contribution in [2.24, 2.45) is 5.10 Å². The molecule has 2 aromatic rings. The minimum absolute atomic E-state index is 0.267. The highest BCUT2D eigenvalue weighted by atomic mass is 19.1. The molecular weight excluding hydrogens is 255 g/mol. The van der Waals surface area contributed by atoms with Crippen LogP contribution in [-0.4, -0.2) is 12.8 Å². The molecule has 0 aromatic heterocycles. The second-order valence-electron chi connectivity index (χ2n) is 4.52. The molecule has 0 amide bonds. The number of hydrogen-bond donors (Lipinski definition) is 1. The Bertz CT molecular complexity index is 621. The molecule has 0 unspecified atom stereocenters. The Labute approximate surface area is 118 Å². The van der Waals surface area contributed by atoms with Crippen LogP contribution in [0.3, 0.4) is 0 Å². The number of aryl methyl sites for hydroxylation is 1. The summed E-state index contributed by atoms with van der Waals surface area (Å²) >= 11 is 0. The summed E-state index contributed by atoms with van der Waals surface area (Å²) in [5.74, 6) is 0.509. The third-order valence-electron chi connectivity index (χ3n) is 2.94. The Balaban J connectivity index is 2.22. The summed E-state index contributed by atoms with van der Waals surface area (Å²) in [4.78, 5) is 0. The van der Waals surface area contributed by atoms with Gasteiger partial charge in [0.25, 0.3) is 0 Å². The number of hydrogen-bond acceptors (Lipinski definition) is 3. The van der Waals surface area contributed by atoms with Crippen LogP contribution < -0.4 is 10.2 Å². The molecule has 0 aliphatic heterocycles. The standard InChI is InChI=1S/C16H17FN2O/c1-11-4-9-16(20-3)15(10-11)12(2)18-19-14-7-5-13(17)6-8-14/h4-10,19H,1-3H3/b18-12-. The Kier molecular flexibility index (Phi) is 4.35. The molecule has 0 aliphatic rings. The molecule has 0 saturated heterocycles. The number of nitrogens with one attached hydrogen (secondary N) is 1. The molecule has 0 atom stereocenters. The number of hydrazone groups is 1. The first-order chi connectivity index (χ1) is 9.60. The molecule has 2 rings (SSSR count). The molecule has 20 heavy (non-hydrogen) atoms. The van der Waals surface area contributed by atoms with Gasteiger partial charge < -0.3 is 4.74 Å². The third kappa shape index (κ3) is 3.35. The van der Waals surface area contributed by atoms with Crippen LogP contribution >= 0.6 is 0 Å². The zero-order valence-corrected chi connectivity index (χ0v) is 11.8. The number of methoxy groups -OCH3 is 1. The highest BCUT2D eigenvalue weighted by molar-refractivity contribution is 6.01. The molecule has 0 radical (unpaired) electrons. The van der Waals surface area contributed by atoms with E-state index in [2.05, 4.69) is 10.5 Å². The van der Waals surface area contributed by atoms with Crippen molar-refractivity contribution < 1.29 is 9.13 Å². The van der Waals surface area contributed by atoms with Crippen LogP contribution in [0.2, 0.25) is 0 Å². The molecule has 3 nitrogen and oxygen atoms in total. The van der Waals surface area contributed by atoms with Crippen molar-refractivity contribution >= 4 is 11.4 Å². The van der Waals surface area contributed by atoms with Crippen molar-refractivity contribution in [1.29, 1.82) is 0 Å². The topological polar surface area (TPSA) is 33.6 Å². The summed E-state index contributed by atoms with van der Waals surface area (Å²) in [6.07, 6.45) is 0. The minimum Gasteiger partial charge on any atom is -0.496 e. The molecule has 1 N–H and O–H groups in total. The lowest BCUT2D eigenvalue weighted by atomic mass is 10.1. The predicted octanol–water partition coefficient (Wildman–Crippen LogP) is 3.98. The Morgan fingerprint density at radius 3 is 2.50 bits per heavy atom. The van der Waals surface area contributed by atoms with Crippen LogP contribution in [0.4, 0.5) is 10.1 Å². The van der Waals surface area contributed by atoms with Crippen molar-refractivity contribution in [3.63, 3.8) is 0 Å². The van der Waals surface area contributed by atoms with Crippen molar-refractivity contribution in [2.75, 3.05) is 12.5 Å². The molecule has 2 aromatic carbocycles. The van der Waals surface area contributed by atoms with Gasteiger partial charge in [-0.05, 0) is 50.2 Å². The third-order valence-corrected chi connectivity index (χ3v) is 2.94. The molecule has 0 heterocycles. The molecule has 0 saturated carbocycles. The molecule has 4 heteroatoms. The van der Waals surface area contributed by atoms with Gasteiger partial charge in [0.15, 0.2) is 0 Å². The molecule has 0 aliphatic carbocycles. The second-order valence-corrected chi connectivity index (χ2v) is 4.52. The maximum absolute atomic E-state index is 12.8. The first kappa shape index (κ1) is 14.1. The van der Waals surface area contributed by atoms with E-state index in [1.165, 1.54) is 12.1 Å². The monoisotopic (exact) mass is 272 g/mol. The fourth-order valence-corrected chi connectivity index (χ4v) is 1.84. The quantitative estimate of drug-likeness (QED) is 0.674. The summed E-state index contributed by atoms with van der Waals surface area (Å²) in [5, 5.41) is 4.31. The van der Waals surface area contributed by atoms with Crippen molar-refractivity contribution in [1.82, 2.24) is 0 Å². The largest absolute Gasteiger partial charge is 0.496 e. The van der Waals surface area contributed by atoms with Crippen LogP contribution in [0.15, 0.2) is 47.6 Å². The van der Waals surface area contributed by atoms with Crippen LogP contribution in [-0.2, 0) is 0 Å². The summed E-state index contributed by atoms with van der Waals surface area (Å²) in [7, 11) is 1.63. The van der Waals surface area contributed by atoms with Crippen LogP contribution in [0.1, 0.15) is 18.1 Å². The first-order valence-corrected chi connectivity index (χ1v) is 6.31. The van der Waals surface area contributed by atoms with Crippen LogP contribution in [0.5, 0.6) is 5.75 Å². The molecule has 0 spiro atoms. The zero-order chi connectivity index (χ0) is 14.5. The lowest BCUT2D eigenvalue weighted by Crippen LogP contribution is -2.03. The molecule has 0 fully saturated rings. The summed E-state index contributed by atoms with van der Waals surface area (Å²) in [6, 6.07) is 12.0. The number of rotatable bonds is 4. The van der Waals surface area contributed by atoms with Crippen LogP contribution in [0, 0.1) is 12.7 Å². The summed E-state index contributed by atoms with van der Waals surface area (Å²) < 4.78 is 18.1. The van der Waals surface area contributed by atoms with Gasteiger partial charge in [0.1, 0.15) is 11.6 Å². The van der Waals surface area contributed by atoms with E-state index >= 15 is 0 Å². The fraction of sp³-hybridized carbons (Fsp3) is 0.188. The second kappa shape index (κ2) is 6.19. The molecular formula is C16H17FN2O. The van der Waals surface area contributed by atoms with Gasteiger partial charge in [-0.15, -0.1) is 0 Å². The van der Waals surface area contributed by atoms with E-state index in [0.29, 0.717) is 0 Å². The van der Waals surface area contributed by atoms with Gasteiger partial charge in [0.2, 0.25) is 0 Å². The van der Waals surface area contributed by atoms with Gasteiger partial charge in [-0.2, -0.15) is 5.10 Å². The first-order valence-electron chi connectivity index (χ1n) is 6.31. The van der Waals surface area contributed by atoms with Gasteiger partial charge in [-0.3, -0.25) is 5.43 Å². The number of benzene rings is 2. The van der Waals surface area contributed by atoms with Gasteiger partial charge in [-0.1, -0.05) is 11.6 Å². The van der Waals surface area contributed by atoms with E-state index in [0.717, 1.165) is 28.3 Å². The van der Waals surface area contributed by atoms with Crippen molar-refractivity contribution in [3.8, 4) is 5.75 Å². The maximum Gasteiger partial charge on any atom is 0.127 e. The lowest BCUT2D eigenvalue weighted by molar-refractivity contribution is 0.414. The number of anilines is 1. The maximum atomic E-state index is 12.8. The summed E-state index contributed by atoms with van der Waals surface area (Å²) in [5.41, 5.74) is 6.51. The summed E-state index contributed by atoms with van der Waals surface area (Å²) in [6.45, 7) is 3.91.